The Morgan fingerprint density at radius 3 is 2.37 bits per heavy atom. The Balaban J connectivity index is 1.61. The second kappa shape index (κ2) is 13.9. The summed E-state index contributed by atoms with van der Waals surface area (Å²) in [5.41, 5.74) is 5.06. The van der Waals surface area contributed by atoms with E-state index < -0.39 is 41.2 Å². The van der Waals surface area contributed by atoms with E-state index in [-0.39, 0.29) is 36.5 Å². The number of allylic oxidation sites excluding steroid dienone is 1. The molecule has 3 aliphatic heterocycles. The number of amides is 3. The van der Waals surface area contributed by atoms with E-state index in [1.165, 1.54) is 4.90 Å². The zero-order valence-electron chi connectivity index (χ0n) is 26.5. The molecule has 1 aliphatic carbocycles. The van der Waals surface area contributed by atoms with Crippen LogP contribution in [0.5, 0.6) is 0 Å². The summed E-state index contributed by atoms with van der Waals surface area (Å²) in [6, 6.07) is -1.50. The molecule has 0 aromatic carbocycles. The summed E-state index contributed by atoms with van der Waals surface area (Å²) in [7, 11) is 0. The molecule has 0 bridgehead atoms. The highest BCUT2D eigenvalue weighted by atomic mass is 16.6. The molecular formula is C31H52N6O6. The lowest BCUT2D eigenvalue weighted by Gasteiger charge is -2.30. The highest BCUT2D eigenvalue weighted by Crippen LogP contribution is 2.45. The summed E-state index contributed by atoms with van der Waals surface area (Å²) >= 11 is 0. The van der Waals surface area contributed by atoms with Crippen LogP contribution in [-0.4, -0.2) is 86.9 Å². The van der Waals surface area contributed by atoms with Gasteiger partial charge in [-0.25, -0.2) is 20.4 Å². The van der Waals surface area contributed by atoms with Gasteiger partial charge < -0.3 is 25.4 Å². The lowest BCUT2D eigenvalue weighted by molar-refractivity contribution is -0.145. The van der Waals surface area contributed by atoms with E-state index in [0.717, 1.165) is 44.9 Å². The third-order valence-corrected chi connectivity index (χ3v) is 8.99. The van der Waals surface area contributed by atoms with Gasteiger partial charge in [-0.2, -0.15) is 5.12 Å². The first-order valence-electron chi connectivity index (χ1n) is 16.2. The zero-order valence-corrected chi connectivity index (χ0v) is 26.5. The predicted molar refractivity (Wildman–Crippen MR) is 161 cm³/mol. The zero-order chi connectivity index (χ0) is 31.4. The number of carbonyl (C=O) groups is 4. The minimum Gasteiger partial charge on any atom is -0.479 e. The fraction of sp³-hybridized carbons (Fsp3) is 0.806. The first-order valence-corrected chi connectivity index (χ1v) is 16.2. The summed E-state index contributed by atoms with van der Waals surface area (Å²) < 4.78 is 5.48. The number of aliphatic carboxylic acids is 1. The van der Waals surface area contributed by atoms with Crippen LogP contribution in [0.15, 0.2) is 12.2 Å². The third kappa shape index (κ3) is 8.07. The van der Waals surface area contributed by atoms with Crippen molar-refractivity contribution in [1.29, 1.82) is 0 Å². The Morgan fingerprint density at radius 1 is 1.09 bits per heavy atom. The SMILES string of the molecule is CCCC1NN([C@H]2C[C@H]3C(=O)N[C@@]4(C(=O)O)C[C@H]4/C=C\CCCCC[C@@H](NC(=O)OC(C)(C)C)C(=O)N3C2)NC1CCC. The Kier molecular flexibility index (Phi) is 10.8. The number of rotatable bonds is 7. The van der Waals surface area contributed by atoms with E-state index >= 15 is 0 Å². The number of hydrazine groups is 2. The second-order valence-electron chi connectivity index (χ2n) is 13.7. The lowest BCUT2D eigenvalue weighted by Crippen LogP contribution is -2.56. The van der Waals surface area contributed by atoms with Crippen LogP contribution >= 0.6 is 0 Å². The average Bonchev–Trinajstić information content (AvgIpc) is 3.24. The standard InChI is InChI=1S/C31H52N6O6/c1-6-13-22-23(14-7-2)35-37(34-22)21-17-25-26(38)33-31(28(40)41)18-20(31)15-11-9-8-10-12-16-24(27(39)36(25)19-21)32-29(42)43-30(3,4)5/h11,15,20-25,34-35H,6-10,12-14,16-19H2,1-5H3,(H,32,42)(H,33,38)(H,40,41)/b15-11-/t20-,21+,22?,23?,24-,25+,31+/m1/s1. The molecule has 12 nitrogen and oxygen atoms in total. The van der Waals surface area contributed by atoms with Crippen LogP contribution in [0.4, 0.5) is 4.79 Å². The highest BCUT2D eigenvalue weighted by molar-refractivity contribution is 5.96. The van der Waals surface area contributed by atoms with Gasteiger partial charge in [0.05, 0.1) is 6.04 Å². The maximum atomic E-state index is 14.2. The average molecular weight is 605 g/mol. The first kappa shape index (κ1) is 33.2. The van der Waals surface area contributed by atoms with Crippen molar-refractivity contribution in [1.82, 2.24) is 31.5 Å². The summed E-state index contributed by atoms with van der Waals surface area (Å²) in [6.45, 7) is 9.85. The number of nitrogens with zero attached hydrogens (tertiary/aromatic N) is 2. The van der Waals surface area contributed by atoms with Gasteiger partial charge in [0, 0.05) is 24.5 Å². The molecule has 4 aliphatic rings. The van der Waals surface area contributed by atoms with Crippen molar-refractivity contribution in [3.63, 3.8) is 0 Å². The Labute approximate surface area is 255 Å². The third-order valence-electron chi connectivity index (χ3n) is 8.99. The number of fused-ring (bicyclic) bond motifs is 2. The highest BCUT2D eigenvalue weighted by Gasteiger charge is 2.61. The number of hydrogen-bond acceptors (Lipinski definition) is 8. The summed E-state index contributed by atoms with van der Waals surface area (Å²) in [4.78, 5) is 54.8. The van der Waals surface area contributed by atoms with Gasteiger partial charge in [0.25, 0.3) is 0 Å². The number of carboxylic acid groups (broad SMARTS) is 1. The molecule has 4 rings (SSSR count). The molecule has 242 valence electrons. The van der Waals surface area contributed by atoms with Gasteiger partial charge >= 0.3 is 12.1 Å². The van der Waals surface area contributed by atoms with E-state index in [1.54, 1.807) is 20.8 Å². The molecule has 7 atom stereocenters. The number of alkyl carbamates (subject to hydrolysis) is 1. The minimum atomic E-state index is -1.36. The normalized spacial score (nSPS) is 34.8. The second-order valence-corrected chi connectivity index (χ2v) is 13.7. The molecule has 3 heterocycles. The van der Waals surface area contributed by atoms with Gasteiger partial charge in [-0.15, -0.1) is 0 Å². The summed E-state index contributed by atoms with van der Waals surface area (Å²) in [6.07, 6.45) is 11.5. The smallest absolute Gasteiger partial charge is 0.408 e. The van der Waals surface area contributed by atoms with Gasteiger partial charge in [-0.05, 0) is 65.7 Å². The number of carbonyl (C=O) groups excluding carboxylic acids is 3. The molecule has 3 fully saturated rings. The maximum Gasteiger partial charge on any atom is 0.408 e. The Morgan fingerprint density at radius 2 is 1.77 bits per heavy atom. The van der Waals surface area contributed by atoms with Crippen molar-refractivity contribution >= 4 is 23.9 Å². The van der Waals surface area contributed by atoms with Crippen molar-refractivity contribution in [3.8, 4) is 0 Å². The molecule has 0 radical (unpaired) electrons. The molecule has 2 saturated heterocycles. The molecule has 12 heteroatoms. The van der Waals surface area contributed by atoms with Crippen LogP contribution in [0.2, 0.25) is 0 Å². The van der Waals surface area contributed by atoms with Crippen LogP contribution in [0.1, 0.15) is 105 Å². The van der Waals surface area contributed by atoms with Crippen LogP contribution < -0.4 is 21.5 Å². The number of nitrogens with one attached hydrogen (secondary N) is 4. The minimum absolute atomic E-state index is 0.224. The first-order chi connectivity index (χ1) is 20.4. The predicted octanol–water partition coefficient (Wildman–Crippen LogP) is 2.99. The van der Waals surface area contributed by atoms with Crippen LogP contribution in [-0.2, 0) is 19.1 Å². The van der Waals surface area contributed by atoms with Gasteiger partial charge in [-0.1, -0.05) is 51.7 Å². The van der Waals surface area contributed by atoms with Crippen molar-refractivity contribution in [2.24, 2.45) is 5.92 Å². The summed E-state index contributed by atoms with van der Waals surface area (Å²) in [5, 5.41) is 17.7. The number of carboxylic acids is 1. The van der Waals surface area contributed by atoms with E-state index in [9.17, 15) is 24.3 Å². The molecule has 0 spiro atoms. The molecule has 2 unspecified atom stereocenters. The van der Waals surface area contributed by atoms with Crippen molar-refractivity contribution in [3.05, 3.63) is 12.2 Å². The monoisotopic (exact) mass is 604 g/mol. The van der Waals surface area contributed by atoms with Crippen LogP contribution in [0, 0.1) is 5.92 Å². The van der Waals surface area contributed by atoms with Gasteiger partial charge in [-0.3, -0.25) is 9.59 Å². The molecule has 1 saturated carbocycles. The maximum absolute atomic E-state index is 14.2. The Hall–Kier alpha value is -2.70. The van der Waals surface area contributed by atoms with Gasteiger partial charge in [0.2, 0.25) is 11.8 Å². The molecular weight excluding hydrogens is 552 g/mol. The molecule has 3 amide bonds. The van der Waals surface area contributed by atoms with Crippen molar-refractivity contribution in [2.75, 3.05) is 6.54 Å². The topological polar surface area (TPSA) is 152 Å². The lowest BCUT2D eigenvalue weighted by atomic mass is 10.0. The van der Waals surface area contributed by atoms with E-state index in [4.69, 9.17) is 4.74 Å². The number of ether oxygens (including phenoxy) is 1. The quantitative estimate of drug-likeness (QED) is 0.276. The fourth-order valence-electron chi connectivity index (χ4n) is 6.65. The fourth-order valence-corrected chi connectivity index (χ4v) is 6.65. The van der Waals surface area contributed by atoms with Gasteiger partial charge in [0.1, 0.15) is 23.2 Å². The molecule has 0 aromatic rings. The molecule has 5 N–H and O–H groups in total. The molecule has 0 aromatic heterocycles. The summed E-state index contributed by atoms with van der Waals surface area (Å²) in [5.74, 6) is -2.18. The largest absolute Gasteiger partial charge is 0.479 e. The molecule has 43 heavy (non-hydrogen) atoms. The van der Waals surface area contributed by atoms with E-state index in [2.05, 4.69) is 35.3 Å². The van der Waals surface area contributed by atoms with E-state index in [1.807, 2.05) is 17.3 Å². The Bertz CT molecular complexity index is 1050. The van der Waals surface area contributed by atoms with Crippen molar-refractivity contribution in [2.45, 2.75) is 147 Å². The van der Waals surface area contributed by atoms with Crippen molar-refractivity contribution < 1.29 is 29.0 Å². The van der Waals surface area contributed by atoms with Crippen LogP contribution in [0.3, 0.4) is 0 Å². The van der Waals surface area contributed by atoms with E-state index in [0.29, 0.717) is 25.7 Å². The van der Waals surface area contributed by atoms with Crippen LogP contribution in [0.25, 0.3) is 0 Å². The van der Waals surface area contributed by atoms with Gasteiger partial charge in [0.15, 0.2) is 0 Å². The number of hydrogen-bond donors (Lipinski definition) is 5.